The predicted octanol–water partition coefficient (Wildman–Crippen LogP) is 5.31. The topological polar surface area (TPSA) is 143 Å². The van der Waals surface area contributed by atoms with E-state index in [4.69, 9.17) is 25.4 Å². The van der Waals surface area contributed by atoms with Gasteiger partial charge in [-0.05, 0) is 69.2 Å². The summed E-state index contributed by atoms with van der Waals surface area (Å²) < 4.78 is 64.5. The fraction of sp³-hybridized carbons (Fsp3) is 0.512. The highest BCUT2D eigenvalue weighted by molar-refractivity contribution is 6.03. The van der Waals surface area contributed by atoms with Crippen molar-refractivity contribution in [2.75, 3.05) is 78.1 Å². The minimum Gasteiger partial charge on any atom is -0.508 e. The number of phenolic OH excluding ortho intramolecular Hbond substituents is 1. The number of hydrogen-bond donors (Lipinski definition) is 1. The Kier molecular flexibility index (Phi) is 13.5. The molecule has 2 aromatic carbocycles. The maximum absolute atomic E-state index is 16.4. The third kappa shape index (κ3) is 9.07. The second-order valence-electron chi connectivity index (χ2n) is 15.5. The van der Waals surface area contributed by atoms with Gasteiger partial charge in [-0.1, -0.05) is 12.0 Å². The summed E-state index contributed by atoms with van der Waals surface area (Å²) in [6.45, 7) is 8.26. The first kappa shape index (κ1) is 42.8. The Hall–Kier alpha value is -5.28. The number of anilines is 1. The van der Waals surface area contributed by atoms with Crippen LogP contribution in [0.5, 0.6) is 11.8 Å². The largest absolute Gasteiger partial charge is 0.508 e. The van der Waals surface area contributed by atoms with Crippen molar-refractivity contribution in [2.45, 2.75) is 69.6 Å². The number of ether oxygens (including phenoxy) is 4. The average molecular weight is 834 g/mol. The quantitative estimate of drug-likeness (QED) is 0.146. The number of phenols is 1. The number of aromatic nitrogens is 3. The van der Waals surface area contributed by atoms with Crippen LogP contribution in [0.2, 0.25) is 0 Å². The third-order valence-electron chi connectivity index (χ3n) is 11.8. The number of aldehydes is 1. The van der Waals surface area contributed by atoms with E-state index in [1.54, 1.807) is 11.8 Å². The number of fused-ring (bicyclic) bond motifs is 5. The van der Waals surface area contributed by atoms with Gasteiger partial charge in [0.05, 0.1) is 49.9 Å². The van der Waals surface area contributed by atoms with Crippen molar-refractivity contribution in [3.63, 3.8) is 0 Å². The molecule has 0 saturated carbocycles. The molecular formula is C43H50F3N7O7. The van der Waals surface area contributed by atoms with E-state index in [9.17, 15) is 23.5 Å². The molecule has 2 bridgehead atoms. The standard InChI is InChI=1S/C30H27F2N5O5.C7H12FN.C6H11NO2/c1-5-20-23(31)9-6-16-10-19(38)11-21(24(16)20)26-25(32)27-22(12-33-26)28(35-29(34-27)41-4)36-13-17-7-8-18(14-36)37(17)30(39)42-15(2)40-3;8-6-4-7-2-1-3-9(7)5-6;8-4-1-7-2-5-9-6-3-7/h1,6,9-12,15,17-18,38H,7-8,13-14H2,2-4H3;6-7H,1-5H2;4H,1-3,5-6H2/t;6-,7?;/m.1./s1. The monoisotopic (exact) mass is 833 g/mol. The summed E-state index contributed by atoms with van der Waals surface area (Å²) in [5.41, 5.74) is -0.194. The molecule has 5 aliphatic rings. The van der Waals surface area contributed by atoms with Crippen molar-refractivity contribution in [3.8, 4) is 35.4 Å². The number of halogens is 3. The van der Waals surface area contributed by atoms with Gasteiger partial charge in [-0.2, -0.15) is 9.97 Å². The molecule has 4 unspecified atom stereocenters. The summed E-state index contributed by atoms with van der Waals surface area (Å²) in [6.07, 6.45) is 11.2. The first-order valence-corrected chi connectivity index (χ1v) is 20.2. The highest BCUT2D eigenvalue weighted by Gasteiger charge is 2.45. The average Bonchev–Trinajstić information content (AvgIpc) is 3.92. The number of rotatable bonds is 7. The Balaban J connectivity index is 0.000000246. The van der Waals surface area contributed by atoms with E-state index < -0.39 is 30.2 Å². The zero-order valence-electron chi connectivity index (χ0n) is 34.0. The molecule has 0 spiro atoms. The number of pyridine rings is 1. The van der Waals surface area contributed by atoms with Gasteiger partial charge in [0, 0.05) is 63.0 Å². The van der Waals surface area contributed by atoms with E-state index in [1.165, 1.54) is 57.5 Å². The highest BCUT2D eigenvalue weighted by Crippen LogP contribution is 2.40. The first-order valence-electron chi connectivity index (χ1n) is 20.2. The molecule has 14 nitrogen and oxygen atoms in total. The van der Waals surface area contributed by atoms with Crippen LogP contribution >= 0.6 is 0 Å². The SMILES string of the molecule is C#Cc1c(F)ccc2cc(O)cc(-c3ncc4c(N5CC6CCC(C5)N6C(=O)OC(C)OC)nc(OC)nc4c3F)c12.F[C@@H]1CC2CCCN2C1.O=CCN1CCOCC1. The molecule has 17 heteroatoms. The van der Waals surface area contributed by atoms with Gasteiger partial charge in [0.25, 0.3) is 0 Å². The zero-order valence-corrected chi connectivity index (χ0v) is 34.0. The lowest BCUT2D eigenvalue weighted by molar-refractivity contribution is -0.109. The number of alkyl halides is 1. The van der Waals surface area contributed by atoms with Gasteiger partial charge < -0.3 is 33.7 Å². The lowest BCUT2D eigenvalue weighted by Crippen LogP contribution is -2.56. The van der Waals surface area contributed by atoms with Crippen molar-refractivity contribution in [2.24, 2.45) is 0 Å². The molecule has 5 saturated heterocycles. The van der Waals surface area contributed by atoms with Crippen LogP contribution in [0.15, 0.2) is 30.5 Å². The number of hydrogen-bond acceptors (Lipinski definition) is 13. The van der Waals surface area contributed by atoms with E-state index in [1.807, 2.05) is 4.90 Å². The fourth-order valence-electron chi connectivity index (χ4n) is 8.84. The molecular weight excluding hydrogens is 784 g/mol. The summed E-state index contributed by atoms with van der Waals surface area (Å²) in [7, 11) is 2.84. The second kappa shape index (κ2) is 19.0. The summed E-state index contributed by atoms with van der Waals surface area (Å²) in [4.78, 5) is 44.1. The van der Waals surface area contributed by atoms with Crippen LogP contribution in [0.3, 0.4) is 0 Å². The van der Waals surface area contributed by atoms with E-state index in [2.05, 4.69) is 30.7 Å². The van der Waals surface area contributed by atoms with Gasteiger partial charge in [-0.3, -0.25) is 19.7 Å². The number of aromatic hydroxyl groups is 1. The number of nitrogens with zero attached hydrogens (tertiary/aromatic N) is 7. The molecule has 2 aromatic heterocycles. The number of amides is 1. The van der Waals surface area contributed by atoms with Crippen molar-refractivity contribution >= 4 is 39.9 Å². The third-order valence-corrected chi connectivity index (χ3v) is 11.8. The number of methoxy groups -OCH3 is 2. The Morgan fingerprint density at radius 1 is 1.07 bits per heavy atom. The maximum atomic E-state index is 16.4. The Morgan fingerprint density at radius 2 is 1.82 bits per heavy atom. The molecule has 1 N–H and O–H groups in total. The molecule has 5 fully saturated rings. The number of carbonyl (C=O) groups excluding carboxylic acids is 2. The lowest BCUT2D eigenvalue weighted by Gasteiger charge is -2.41. The number of carbonyl (C=O) groups is 2. The summed E-state index contributed by atoms with van der Waals surface area (Å²) in [6, 6.07) is 5.61. The van der Waals surface area contributed by atoms with E-state index in [0.29, 0.717) is 48.8 Å². The summed E-state index contributed by atoms with van der Waals surface area (Å²) >= 11 is 0. The lowest BCUT2D eigenvalue weighted by atomic mass is 9.96. The number of piperazine rings is 1. The van der Waals surface area contributed by atoms with Crippen LogP contribution in [0.4, 0.5) is 23.8 Å². The van der Waals surface area contributed by atoms with E-state index >= 15 is 4.39 Å². The molecule has 320 valence electrons. The van der Waals surface area contributed by atoms with Crippen LogP contribution in [0.1, 0.15) is 44.6 Å². The minimum atomic E-state index is -0.813. The zero-order chi connectivity index (χ0) is 42.5. The summed E-state index contributed by atoms with van der Waals surface area (Å²) in [5, 5.41) is 11.4. The van der Waals surface area contributed by atoms with Crippen molar-refractivity contribution in [3.05, 3.63) is 47.7 Å². The predicted molar refractivity (Wildman–Crippen MR) is 218 cm³/mol. The molecule has 7 heterocycles. The van der Waals surface area contributed by atoms with Gasteiger partial charge >= 0.3 is 12.1 Å². The molecule has 0 aliphatic carbocycles. The molecule has 9 rings (SSSR count). The fourth-order valence-corrected chi connectivity index (χ4v) is 8.84. The van der Waals surface area contributed by atoms with Crippen LogP contribution in [-0.2, 0) is 19.0 Å². The Labute approximate surface area is 346 Å². The van der Waals surface area contributed by atoms with E-state index in [0.717, 1.165) is 58.4 Å². The Morgan fingerprint density at radius 3 is 2.48 bits per heavy atom. The van der Waals surface area contributed by atoms with Crippen LogP contribution in [0.25, 0.3) is 32.9 Å². The van der Waals surface area contributed by atoms with Gasteiger partial charge in [-0.25, -0.2) is 18.0 Å². The van der Waals surface area contributed by atoms with Crippen LogP contribution in [-0.4, -0.2) is 151 Å². The minimum absolute atomic E-state index is 0.0622. The first-order chi connectivity index (χ1) is 29.0. The van der Waals surface area contributed by atoms with E-state index in [-0.39, 0.29) is 51.6 Å². The van der Waals surface area contributed by atoms with Gasteiger partial charge in [0.2, 0.25) is 6.29 Å². The van der Waals surface area contributed by atoms with Gasteiger partial charge in [0.1, 0.15) is 41.1 Å². The number of benzene rings is 2. The molecule has 0 radical (unpaired) electrons. The highest BCUT2D eigenvalue weighted by atomic mass is 19.1. The smallest absolute Gasteiger partial charge is 0.412 e. The molecule has 4 aromatic rings. The number of terminal acetylenes is 1. The van der Waals surface area contributed by atoms with Crippen molar-refractivity contribution in [1.82, 2.24) is 29.7 Å². The number of morpholine rings is 1. The van der Waals surface area contributed by atoms with Crippen LogP contribution in [0, 0.1) is 24.0 Å². The van der Waals surface area contributed by atoms with Crippen molar-refractivity contribution < 1.29 is 46.8 Å². The van der Waals surface area contributed by atoms with Gasteiger partial charge in [-0.15, -0.1) is 6.42 Å². The maximum Gasteiger partial charge on any atom is 0.412 e. The summed E-state index contributed by atoms with van der Waals surface area (Å²) in [5.74, 6) is 1.10. The van der Waals surface area contributed by atoms with Gasteiger partial charge in [0.15, 0.2) is 5.82 Å². The molecule has 5 aliphatic heterocycles. The molecule has 5 atom stereocenters. The van der Waals surface area contributed by atoms with Crippen LogP contribution < -0.4 is 9.64 Å². The Bertz CT molecular complexity index is 2210. The normalized spacial score (nSPS) is 22.9. The van der Waals surface area contributed by atoms with Crippen molar-refractivity contribution in [1.29, 1.82) is 0 Å². The molecule has 1 amide bonds. The second-order valence-corrected chi connectivity index (χ2v) is 15.5. The molecule has 60 heavy (non-hydrogen) atoms.